The molecule has 1 spiro atoms. The number of fused-ring (bicyclic) bond motifs is 2. The SMILES string of the molecule is N#C[C@H]1[C@H](c2ccccc2)CN(C(=O)[C@@H]2CC[C@@H]3CCC[C@H](NC(=O)c4cc5cc([C@@H](F)P(=O)(O)O)ccc5s4)C(=O)N32)C12CC2. The molecule has 0 bridgehead atoms. The van der Waals surface area contributed by atoms with Crippen LogP contribution in [0, 0.1) is 17.2 Å². The highest BCUT2D eigenvalue weighted by Crippen LogP contribution is 2.58. The molecule has 6 atom stereocenters. The molecule has 4 heterocycles. The number of rotatable bonds is 6. The van der Waals surface area contributed by atoms with E-state index < -0.39 is 37.0 Å². The summed E-state index contributed by atoms with van der Waals surface area (Å²) in [6.07, 6.45) is 4.65. The van der Waals surface area contributed by atoms with Gasteiger partial charge < -0.3 is 24.9 Å². The number of nitrogens with zero attached hydrogens (tertiary/aromatic N) is 3. The number of benzene rings is 2. The predicted octanol–water partition coefficient (Wildman–Crippen LogP) is 4.99. The van der Waals surface area contributed by atoms with E-state index in [9.17, 15) is 38.4 Å². The van der Waals surface area contributed by atoms with Crippen molar-refractivity contribution < 1.29 is 33.1 Å². The van der Waals surface area contributed by atoms with Crippen molar-refractivity contribution in [3.05, 3.63) is 70.6 Å². The zero-order valence-electron chi connectivity index (χ0n) is 24.9. The summed E-state index contributed by atoms with van der Waals surface area (Å²) in [4.78, 5) is 64.1. The Kier molecular flexibility index (Phi) is 7.80. The van der Waals surface area contributed by atoms with Crippen molar-refractivity contribution in [1.82, 2.24) is 15.1 Å². The molecule has 1 saturated carbocycles. The molecule has 3 aliphatic heterocycles. The molecule has 1 aromatic heterocycles. The summed E-state index contributed by atoms with van der Waals surface area (Å²) >= 11 is 1.14. The van der Waals surface area contributed by atoms with E-state index in [2.05, 4.69) is 11.4 Å². The molecule has 0 radical (unpaired) electrons. The van der Waals surface area contributed by atoms with Crippen LogP contribution in [-0.2, 0) is 14.2 Å². The number of likely N-dealkylation sites (tertiary alicyclic amines) is 1. The Bertz CT molecular complexity index is 1800. The third-order valence-electron chi connectivity index (χ3n) is 10.3. The number of halogens is 1. The maximum Gasteiger partial charge on any atom is 0.363 e. The zero-order chi connectivity index (χ0) is 32.4. The first-order chi connectivity index (χ1) is 22.0. The fourth-order valence-electron chi connectivity index (χ4n) is 7.92. The minimum atomic E-state index is -4.98. The van der Waals surface area contributed by atoms with Gasteiger partial charge in [0.1, 0.15) is 12.1 Å². The molecule has 7 rings (SSSR count). The number of nitrogens with one attached hydrogen (secondary N) is 1. The van der Waals surface area contributed by atoms with E-state index in [1.54, 1.807) is 4.90 Å². The normalized spacial score (nSPS) is 27.7. The first-order valence-electron chi connectivity index (χ1n) is 15.6. The molecule has 1 aliphatic carbocycles. The van der Waals surface area contributed by atoms with Crippen LogP contribution in [0.4, 0.5) is 4.39 Å². The van der Waals surface area contributed by atoms with E-state index >= 15 is 0 Å². The van der Waals surface area contributed by atoms with Gasteiger partial charge in [-0.2, -0.15) is 5.26 Å². The van der Waals surface area contributed by atoms with Gasteiger partial charge in [-0.3, -0.25) is 18.9 Å². The highest BCUT2D eigenvalue weighted by Gasteiger charge is 2.64. The summed E-state index contributed by atoms with van der Waals surface area (Å²) in [5.41, 5.74) is 0.362. The number of alkyl halides is 1. The molecule has 46 heavy (non-hydrogen) atoms. The lowest BCUT2D eigenvalue weighted by Gasteiger charge is -2.35. The fraction of sp³-hybridized carbons (Fsp3) is 0.455. The van der Waals surface area contributed by atoms with Crippen LogP contribution in [-0.4, -0.2) is 67.5 Å². The lowest BCUT2D eigenvalue weighted by molar-refractivity contribution is -0.147. The van der Waals surface area contributed by atoms with E-state index in [1.807, 2.05) is 35.2 Å². The number of hydrogen-bond acceptors (Lipinski definition) is 6. The van der Waals surface area contributed by atoms with Gasteiger partial charge in [-0.15, -0.1) is 11.3 Å². The highest BCUT2D eigenvalue weighted by atomic mass is 32.1. The van der Waals surface area contributed by atoms with Gasteiger partial charge in [0.15, 0.2) is 0 Å². The summed E-state index contributed by atoms with van der Waals surface area (Å²) in [5.74, 6) is -3.74. The van der Waals surface area contributed by atoms with Crippen LogP contribution in [0.3, 0.4) is 0 Å². The van der Waals surface area contributed by atoms with Gasteiger partial charge in [0, 0.05) is 23.2 Å². The standard InChI is InChI=1S/C33H34FN4O6PS/c34-29(45(42,43)44)20-9-12-27-21(15-20)16-28(46-27)30(39)36-25-8-4-7-22-10-11-26(38(22)31(25)40)32(41)37-18-23(19-5-2-1-3-6-19)24(17-35)33(37)13-14-33/h1-3,5-6,9,12,15-16,22-26,29H,4,7-8,10-11,13-14,18H2,(H,36,39)(H2,42,43,44)/t22-,23-,24-,25-,26-,29-/m0/s1. The van der Waals surface area contributed by atoms with Gasteiger partial charge in [0.25, 0.3) is 5.91 Å². The average molecular weight is 665 g/mol. The van der Waals surface area contributed by atoms with Crippen molar-refractivity contribution >= 4 is 46.7 Å². The monoisotopic (exact) mass is 664 g/mol. The predicted molar refractivity (Wildman–Crippen MR) is 168 cm³/mol. The quantitative estimate of drug-likeness (QED) is 0.314. The maximum absolute atomic E-state index is 14.3. The van der Waals surface area contributed by atoms with Crippen molar-refractivity contribution in [3.63, 3.8) is 0 Å². The van der Waals surface area contributed by atoms with Gasteiger partial charge in [-0.1, -0.05) is 36.4 Å². The Labute approximate surface area is 269 Å². The van der Waals surface area contributed by atoms with Crippen LogP contribution >= 0.6 is 18.9 Å². The zero-order valence-corrected chi connectivity index (χ0v) is 26.6. The highest BCUT2D eigenvalue weighted by molar-refractivity contribution is 7.51. The smallest absolute Gasteiger partial charge is 0.340 e. The molecular weight excluding hydrogens is 630 g/mol. The lowest BCUT2D eigenvalue weighted by atomic mass is 9.85. The van der Waals surface area contributed by atoms with Crippen molar-refractivity contribution in [1.29, 1.82) is 5.26 Å². The van der Waals surface area contributed by atoms with E-state index in [0.717, 1.165) is 36.2 Å². The molecule has 3 saturated heterocycles. The molecule has 0 unspecified atom stereocenters. The molecule has 3 aromatic rings. The van der Waals surface area contributed by atoms with Crippen LogP contribution in [0.25, 0.3) is 10.1 Å². The fourth-order valence-corrected chi connectivity index (χ4v) is 9.41. The minimum Gasteiger partial charge on any atom is -0.340 e. The molecule has 2 aromatic carbocycles. The maximum atomic E-state index is 14.3. The molecule has 10 nitrogen and oxygen atoms in total. The molecule has 4 fully saturated rings. The molecule has 240 valence electrons. The minimum absolute atomic E-state index is 0.0910. The van der Waals surface area contributed by atoms with Crippen molar-refractivity contribution in [2.75, 3.05) is 6.54 Å². The van der Waals surface area contributed by atoms with Crippen molar-refractivity contribution in [2.45, 2.75) is 80.4 Å². The molecular formula is C33H34FN4O6PS. The second kappa shape index (κ2) is 11.6. The third-order valence-corrected chi connectivity index (χ3v) is 12.3. The molecule has 3 N–H and O–H groups in total. The Morgan fingerprint density at radius 2 is 1.85 bits per heavy atom. The van der Waals surface area contributed by atoms with Crippen LogP contribution < -0.4 is 5.32 Å². The lowest BCUT2D eigenvalue weighted by Crippen LogP contribution is -2.56. The number of amides is 3. The topological polar surface area (TPSA) is 151 Å². The van der Waals surface area contributed by atoms with Gasteiger partial charge in [-0.25, -0.2) is 4.39 Å². The van der Waals surface area contributed by atoms with E-state index in [4.69, 9.17) is 0 Å². The summed E-state index contributed by atoms with van der Waals surface area (Å²) in [6.45, 7) is 0.440. The number of carbonyl (C=O) groups is 3. The van der Waals surface area contributed by atoms with Crippen molar-refractivity contribution in [2.24, 2.45) is 5.92 Å². The number of carbonyl (C=O) groups excluding carboxylic acids is 3. The van der Waals surface area contributed by atoms with E-state index in [0.29, 0.717) is 42.3 Å². The molecule has 13 heteroatoms. The van der Waals surface area contributed by atoms with Crippen LogP contribution in [0.5, 0.6) is 0 Å². The van der Waals surface area contributed by atoms with Crippen LogP contribution in [0.1, 0.15) is 77.6 Å². The Balaban J connectivity index is 1.09. The van der Waals surface area contributed by atoms with Crippen LogP contribution in [0.15, 0.2) is 54.6 Å². The summed E-state index contributed by atoms with van der Waals surface area (Å²) in [5, 5.41) is 13.5. The molecule has 4 aliphatic rings. The first-order valence-corrected chi connectivity index (χ1v) is 18.1. The second-order valence-electron chi connectivity index (χ2n) is 13.0. The Morgan fingerprint density at radius 1 is 1.09 bits per heavy atom. The summed E-state index contributed by atoms with van der Waals surface area (Å²) in [6, 6.07) is 16.4. The number of nitriles is 1. The number of thiophene rings is 1. The Morgan fingerprint density at radius 3 is 2.54 bits per heavy atom. The van der Waals surface area contributed by atoms with Gasteiger partial charge in [0.2, 0.25) is 17.7 Å². The third kappa shape index (κ3) is 5.23. The van der Waals surface area contributed by atoms with Gasteiger partial charge >= 0.3 is 7.60 Å². The largest absolute Gasteiger partial charge is 0.363 e. The summed E-state index contributed by atoms with van der Waals surface area (Å²) in [7, 11) is -4.98. The van der Waals surface area contributed by atoms with Gasteiger partial charge in [0.05, 0.1) is 22.4 Å². The second-order valence-corrected chi connectivity index (χ2v) is 15.7. The van der Waals surface area contributed by atoms with E-state index in [-0.39, 0.29) is 40.1 Å². The van der Waals surface area contributed by atoms with Crippen molar-refractivity contribution in [3.8, 4) is 6.07 Å². The van der Waals surface area contributed by atoms with Crippen LogP contribution in [0.2, 0.25) is 0 Å². The Hall–Kier alpha value is -3.62. The number of hydrogen-bond donors (Lipinski definition) is 3. The summed E-state index contributed by atoms with van der Waals surface area (Å²) < 4.78 is 26.3. The van der Waals surface area contributed by atoms with Gasteiger partial charge in [-0.05, 0) is 79.7 Å². The van der Waals surface area contributed by atoms with E-state index in [1.165, 1.54) is 24.3 Å². The average Bonchev–Trinajstić information content (AvgIpc) is 3.42. The first kappa shape index (κ1) is 31.0. The molecule has 3 amide bonds.